The van der Waals surface area contributed by atoms with E-state index >= 15 is 0 Å². The molecule has 0 atom stereocenters. The lowest BCUT2D eigenvalue weighted by molar-refractivity contribution is 0.282. The topological polar surface area (TPSA) is 80.4 Å². The highest BCUT2D eigenvalue weighted by atomic mass is 32.2. The zero-order valence-electron chi connectivity index (χ0n) is 15.2. The smallest absolute Gasteiger partial charge is 0.127 e. The van der Waals surface area contributed by atoms with Crippen LogP contribution in [0, 0.1) is 0 Å². The predicted octanol–water partition coefficient (Wildman–Crippen LogP) is 4.07. The number of hydrogen-bond acceptors (Lipinski definition) is 6. The number of pyridine rings is 1. The number of nitrogens with zero attached hydrogens (tertiary/aromatic N) is 1. The first kappa shape index (κ1) is 19.1. The molecule has 0 spiro atoms. The minimum Gasteiger partial charge on any atom is -0.497 e. The first-order valence-corrected chi connectivity index (χ1v) is 9.60. The molecule has 5 nitrogen and oxygen atoms in total. The lowest BCUT2D eigenvalue weighted by Gasteiger charge is -2.10. The number of aliphatic hydroxyl groups is 1. The first-order valence-electron chi connectivity index (χ1n) is 8.61. The fraction of sp³-hybridized carbons (Fsp3) is 0.190. The molecule has 6 heteroatoms. The number of rotatable bonds is 8. The van der Waals surface area contributed by atoms with Crippen LogP contribution in [0.25, 0.3) is 0 Å². The van der Waals surface area contributed by atoms with Crippen LogP contribution in [-0.2, 0) is 18.9 Å². The number of hydrogen-bond donors (Lipinski definition) is 3. The van der Waals surface area contributed by atoms with E-state index in [1.807, 2.05) is 42.5 Å². The van der Waals surface area contributed by atoms with E-state index in [9.17, 15) is 0 Å². The van der Waals surface area contributed by atoms with Gasteiger partial charge in [-0.2, -0.15) is 0 Å². The molecule has 0 radical (unpaired) electrons. The van der Waals surface area contributed by atoms with Crippen molar-refractivity contribution < 1.29 is 9.84 Å². The standard InChI is InChI=1S/C21H23N3O2S/c1-26-18-8-6-17(7-9-18)14-27-20-10-21(24-12-19(20)22)23-11-15-2-4-16(13-25)5-3-15/h2-10,12,25H,11,13-14,22H2,1H3,(H,23,24). The van der Waals surface area contributed by atoms with Crippen molar-refractivity contribution in [1.29, 1.82) is 0 Å². The second-order valence-corrected chi connectivity index (χ2v) is 7.09. The SMILES string of the molecule is COc1ccc(CSc2cc(NCc3ccc(CO)cc3)ncc2N)cc1. The van der Waals surface area contributed by atoms with Gasteiger partial charge in [0.25, 0.3) is 0 Å². The van der Waals surface area contributed by atoms with Crippen molar-refractivity contribution in [3.8, 4) is 5.75 Å². The summed E-state index contributed by atoms with van der Waals surface area (Å²) in [5.41, 5.74) is 9.99. The van der Waals surface area contributed by atoms with Crippen molar-refractivity contribution in [1.82, 2.24) is 4.98 Å². The molecule has 140 valence electrons. The van der Waals surface area contributed by atoms with Crippen LogP contribution in [-0.4, -0.2) is 17.2 Å². The Kier molecular flexibility index (Phi) is 6.57. The highest BCUT2D eigenvalue weighted by molar-refractivity contribution is 7.98. The minimum absolute atomic E-state index is 0.0575. The van der Waals surface area contributed by atoms with E-state index in [1.54, 1.807) is 25.1 Å². The predicted molar refractivity (Wildman–Crippen MR) is 111 cm³/mol. The van der Waals surface area contributed by atoms with Crippen molar-refractivity contribution >= 4 is 23.3 Å². The van der Waals surface area contributed by atoms with Gasteiger partial charge in [-0.1, -0.05) is 36.4 Å². The molecule has 3 rings (SSSR count). The van der Waals surface area contributed by atoms with Gasteiger partial charge < -0.3 is 20.9 Å². The maximum Gasteiger partial charge on any atom is 0.127 e. The van der Waals surface area contributed by atoms with E-state index in [1.165, 1.54) is 5.56 Å². The summed E-state index contributed by atoms with van der Waals surface area (Å²) in [6.07, 6.45) is 1.69. The van der Waals surface area contributed by atoms with Crippen molar-refractivity contribution in [2.75, 3.05) is 18.2 Å². The molecule has 0 aliphatic heterocycles. The number of nitrogen functional groups attached to an aromatic ring is 1. The van der Waals surface area contributed by atoms with E-state index in [4.69, 9.17) is 15.6 Å². The summed E-state index contributed by atoms with van der Waals surface area (Å²) >= 11 is 1.68. The average molecular weight is 382 g/mol. The van der Waals surface area contributed by atoms with Gasteiger partial charge in [-0.3, -0.25) is 0 Å². The highest BCUT2D eigenvalue weighted by Crippen LogP contribution is 2.30. The lowest BCUT2D eigenvalue weighted by atomic mass is 10.1. The molecule has 2 aromatic carbocycles. The van der Waals surface area contributed by atoms with Crippen LogP contribution in [0.2, 0.25) is 0 Å². The third kappa shape index (κ3) is 5.39. The number of nitrogens with two attached hydrogens (primary N) is 1. The molecule has 27 heavy (non-hydrogen) atoms. The zero-order valence-corrected chi connectivity index (χ0v) is 16.0. The Labute approximate surface area is 163 Å². The Bertz CT molecular complexity index is 868. The van der Waals surface area contributed by atoms with Crippen molar-refractivity contribution in [2.24, 2.45) is 0 Å². The number of aliphatic hydroxyl groups excluding tert-OH is 1. The van der Waals surface area contributed by atoms with Gasteiger partial charge in [0, 0.05) is 17.2 Å². The van der Waals surface area contributed by atoms with E-state index in [-0.39, 0.29) is 6.61 Å². The maximum atomic E-state index is 9.11. The number of benzene rings is 2. The summed E-state index contributed by atoms with van der Waals surface area (Å²) in [4.78, 5) is 5.36. The van der Waals surface area contributed by atoms with Crippen LogP contribution in [0.15, 0.2) is 65.7 Å². The number of ether oxygens (including phenoxy) is 1. The lowest BCUT2D eigenvalue weighted by Crippen LogP contribution is -2.02. The van der Waals surface area contributed by atoms with Crippen LogP contribution in [0.3, 0.4) is 0 Å². The van der Waals surface area contributed by atoms with Gasteiger partial charge >= 0.3 is 0 Å². The number of aromatic nitrogens is 1. The Hall–Kier alpha value is -2.70. The van der Waals surface area contributed by atoms with Crippen LogP contribution in [0.4, 0.5) is 11.5 Å². The van der Waals surface area contributed by atoms with Crippen molar-refractivity contribution in [3.05, 3.63) is 77.5 Å². The summed E-state index contributed by atoms with van der Waals surface area (Å²) in [6, 6.07) is 17.8. The van der Waals surface area contributed by atoms with Crippen molar-refractivity contribution in [3.63, 3.8) is 0 Å². The molecular formula is C21H23N3O2S. The minimum atomic E-state index is 0.0575. The molecule has 3 aromatic rings. The molecular weight excluding hydrogens is 358 g/mol. The molecule has 1 aromatic heterocycles. The summed E-state index contributed by atoms with van der Waals surface area (Å²) in [5.74, 6) is 2.46. The maximum absolute atomic E-state index is 9.11. The van der Waals surface area contributed by atoms with Gasteiger partial charge in [-0.25, -0.2) is 4.98 Å². The summed E-state index contributed by atoms with van der Waals surface area (Å²) in [6.45, 7) is 0.715. The van der Waals surface area contributed by atoms with Gasteiger partial charge in [0.1, 0.15) is 11.6 Å². The van der Waals surface area contributed by atoms with Gasteiger partial charge in [0.15, 0.2) is 0 Å². The second kappa shape index (κ2) is 9.30. The van der Waals surface area contributed by atoms with E-state index < -0.39 is 0 Å². The normalized spacial score (nSPS) is 10.6. The molecule has 0 amide bonds. The number of anilines is 2. The summed E-state index contributed by atoms with van der Waals surface area (Å²) in [7, 11) is 1.66. The molecule has 0 saturated heterocycles. The second-order valence-electron chi connectivity index (χ2n) is 6.07. The number of methoxy groups -OCH3 is 1. The van der Waals surface area contributed by atoms with E-state index in [0.29, 0.717) is 12.2 Å². The summed E-state index contributed by atoms with van der Waals surface area (Å²) < 4.78 is 5.19. The van der Waals surface area contributed by atoms with Crippen molar-refractivity contribution in [2.45, 2.75) is 23.8 Å². The Morgan fingerprint density at radius 3 is 2.37 bits per heavy atom. The van der Waals surface area contributed by atoms with Gasteiger partial charge in [-0.05, 0) is 34.9 Å². The molecule has 0 bridgehead atoms. The molecule has 1 heterocycles. The zero-order chi connectivity index (χ0) is 19.1. The Morgan fingerprint density at radius 1 is 1.04 bits per heavy atom. The fourth-order valence-corrected chi connectivity index (χ4v) is 3.44. The molecule has 0 unspecified atom stereocenters. The van der Waals surface area contributed by atoms with E-state index in [0.717, 1.165) is 33.3 Å². The third-order valence-electron chi connectivity index (χ3n) is 4.13. The molecule has 0 aliphatic rings. The van der Waals surface area contributed by atoms with Crippen LogP contribution in [0.5, 0.6) is 5.75 Å². The molecule has 0 fully saturated rings. The Balaban J connectivity index is 1.60. The third-order valence-corrected chi connectivity index (χ3v) is 5.27. The number of nitrogens with one attached hydrogen (secondary N) is 1. The van der Waals surface area contributed by atoms with Gasteiger partial charge in [0.05, 0.1) is 25.6 Å². The van der Waals surface area contributed by atoms with Gasteiger partial charge in [-0.15, -0.1) is 11.8 Å². The van der Waals surface area contributed by atoms with E-state index in [2.05, 4.69) is 22.4 Å². The Morgan fingerprint density at radius 2 is 1.70 bits per heavy atom. The largest absolute Gasteiger partial charge is 0.497 e. The monoisotopic (exact) mass is 381 g/mol. The highest BCUT2D eigenvalue weighted by Gasteiger charge is 2.05. The molecule has 0 saturated carbocycles. The first-order chi connectivity index (χ1) is 13.2. The molecule has 0 aliphatic carbocycles. The van der Waals surface area contributed by atoms with Crippen LogP contribution >= 0.6 is 11.8 Å². The van der Waals surface area contributed by atoms with Crippen LogP contribution < -0.4 is 15.8 Å². The fourth-order valence-electron chi connectivity index (χ4n) is 2.51. The number of thioether (sulfide) groups is 1. The van der Waals surface area contributed by atoms with Gasteiger partial charge in [0.2, 0.25) is 0 Å². The average Bonchev–Trinajstić information content (AvgIpc) is 2.73. The van der Waals surface area contributed by atoms with Crippen LogP contribution in [0.1, 0.15) is 16.7 Å². The molecule has 4 N–H and O–H groups in total. The summed E-state index contributed by atoms with van der Waals surface area (Å²) in [5, 5.41) is 12.4. The quantitative estimate of drug-likeness (QED) is 0.511.